The smallest absolute Gasteiger partial charge is 0.312 e. The zero-order valence-corrected chi connectivity index (χ0v) is 16.2. The Labute approximate surface area is 162 Å². The van der Waals surface area contributed by atoms with Crippen molar-refractivity contribution in [3.8, 4) is 17.2 Å². The van der Waals surface area contributed by atoms with Crippen LogP contribution in [0.15, 0.2) is 51.9 Å². The fourth-order valence-corrected chi connectivity index (χ4v) is 2.53. The highest BCUT2D eigenvalue weighted by molar-refractivity contribution is 5.79. The highest BCUT2D eigenvalue weighted by Crippen LogP contribution is 2.28. The molecule has 6 heteroatoms. The van der Waals surface area contributed by atoms with Crippen molar-refractivity contribution in [1.29, 1.82) is 0 Å². The van der Waals surface area contributed by atoms with Crippen molar-refractivity contribution in [1.82, 2.24) is 0 Å². The molecule has 146 valence electrons. The average molecular weight is 382 g/mol. The van der Waals surface area contributed by atoms with Gasteiger partial charge in [-0.15, -0.1) is 0 Å². The number of carboxylic acid groups (broad SMARTS) is 1. The van der Waals surface area contributed by atoms with Gasteiger partial charge in [-0.25, -0.2) is 0 Å². The lowest BCUT2D eigenvalue weighted by Crippen LogP contribution is -2.30. The summed E-state index contributed by atoms with van der Waals surface area (Å²) in [6.07, 6.45) is 1.28. The van der Waals surface area contributed by atoms with Crippen LogP contribution in [0, 0.1) is 19.3 Å². The lowest BCUT2D eigenvalue weighted by molar-refractivity contribution is -0.148. The number of ether oxygens (including phenoxy) is 2. The fourth-order valence-electron chi connectivity index (χ4n) is 2.53. The predicted octanol–water partition coefficient (Wildman–Crippen LogP) is 4.69. The molecular formula is C22H22O6. The summed E-state index contributed by atoms with van der Waals surface area (Å²) in [5, 5.41) is 9.52. The summed E-state index contributed by atoms with van der Waals surface area (Å²) in [5.74, 6) is 0.172. The fraction of sp³-hybridized carbons (Fsp3) is 0.273. The van der Waals surface area contributed by atoms with Gasteiger partial charge in [-0.1, -0.05) is 12.1 Å². The topological polar surface area (TPSA) is 86.0 Å². The summed E-state index contributed by atoms with van der Waals surface area (Å²) in [7, 11) is 0. The van der Waals surface area contributed by atoms with Crippen LogP contribution in [0.5, 0.6) is 17.2 Å². The predicted molar refractivity (Wildman–Crippen MR) is 105 cm³/mol. The molecule has 1 aromatic heterocycles. The van der Waals surface area contributed by atoms with E-state index in [1.807, 2.05) is 26.0 Å². The van der Waals surface area contributed by atoms with E-state index in [1.165, 1.54) is 6.26 Å². The maximum Gasteiger partial charge on any atom is 0.312 e. The van der Waals surface area contributed by atoms with Crippen LogP contribution in [-0.4, -0.2) is 17.7 Å². The first-order chi connectivity index (χ1) is 13.2. The van der Waals surface area contributed by atoms with Crippen molar-refractivity contribution < 1.29 is 23.8 Å². The van der Waals surface area contributed by atoms with Crippen LogP contribution in [0.3, 0.4) is 0 Å². The first-order valence-electron chi connectivity index (χ1n) is 8.85. The van der Waals surface area contributed by atoms with Crippen LogP contribution >= 0.6 is 0 Å². The number of hydrogen-bond acceptors (Lipinski definition) is 5. The Morgan fingerprint density at radius 2 is 1.89 bits per heavy atom. The molecule has 0 saturated carbocycles. The summed E-state index contributed by atoms with van der Waals surface area (Å²) < 4.78 is 16.9. The van der Waals surface area contributed by atoms with E-state index in [1.54, 1.807) is 38.1 Å². The molecule has 0 saturated heterocycles. The average Bonchev–Trinajstić information content (AvgIpc) is 2.65. The van der Waals surface area contributed by atoms with Gasteiger partial charge in [0.05, 0.1) is 10.8 Å². The van der Waals surface area contributed by atoms with Crippen molar-refractivity contribution >= 4 is 16.9 Å². The van der Waals surface area contributed by atoms with Crippen LogP contribution in [0.25, 0.3) is 11.0 Å². The summed E-state index contributed by atoms with van der Waals surface area (Å²) in [5.41, 5.74) is 1.03. The lowest BCUT2D eigenvalue weighted by Gasteiger charge is -2.19. The molecule has 3 rings (SSSR count). The van der Waals surface area contributed by atoms with Crippen LogP contribution in [0.4, 0.5) is 0 Å². The SMILES string of the molecule is Cc1cccc(Oc2coc3cc(OCC(C)(C)C(=O)O)ccc3c2=O)c1C. The monoisotopic (exact) mass is 382 g/mol. The van der Waals surface area contributed by atoms with Gasteiger partial charge in [-0.3, -0.25) is 9.59 Å². The molecule has 1 N–H and O–H groups in total. The van der Waals surface area contributed by atoms with E-state index in [9.17, 15) is 9.59 Å². The van der Waals surface area contributed by atoms with E-state index in [-0.39, 0.29) is 17.8 Å². The second-order valence-corrected chi connectivity index (χ2v) is 7.36. The maximum absolute atomic E-state index is 12.7. The minimum absolute atomic E-state index is 0.00803. The third-order valence-electron chi connectivity index (χ3n) is 4.67. The van der Waals surface area contributed by atoms with Crippen molar-refractivity contribution in [3.63, 3.8) is 0 Å². The Hall–Kier alpha value is -3.28. The molecule has 6 nitrogen and oxygen atoms in total. The summed E-state index contributed by atoms with van der Waals surface area (Å²) in [6.45, 7) is 7.04. The Morgan fingerprint density at radius 1 is 1.14 bits per heavy atom. The van der Waals surface area contributed by atoms with Gasteiger partial charge in [0.25, 0.3) is 0 Å². The van der Waals surface area contributed by atoms with E-state index >= 15 is 0 Å². The Balaban J connectivity index is 1.88. The molecule has 0 atom stereocenters. The van der Waals surface area contributed by atoms with Crippen LogP contribution in [0.1, 0.15) is 25.0 Å². The zero-order chi connectivity index (χ0) is 20.5. The standard InChI is InChI=1S/C22H22O6/c1-13-6-5-7-17(14(13)2)28-19-11-26-18-10-15(8-9-16(18)20(19)23)27-12-22(3,4)21(24)25/h5-11H,12H2,1-4H3,(H,24,25). The molecule has 0 bridgehead atoms. The third-order valence-corrected chi connectivity index (χ3v) is 4.67. The van der Waals surface area contributed by atoms with Crippen LogP contribution < -0.4 is 14.9 Å². The molecular weight excluding hydrogens is 360 g/mol. The zero-order valence-electron chi connectivity index (χ0n) is 16.2. The number of benzene rings is 2. The highest BCUT2D eigenvalue weighted by atomic mass is 16.5. The molecule has 0 aliphatic carbocycles. The number of carboxylic acids is 1. The Morgan fingerprint density at radius 3 is 2.61 bits per heavy atom. The molecule has 0 spiro atoms. The van der Waals surface area contributed by atoms with E-state index in [4.69, 9.17) is 19.0 Å². The van der Waals surface area contributed by atoms with Crippen molar-refractivity contribution in [2.75, 3.05) is 6.61 Å². The highest BCUT2D eigenvalue weighted by Gasteiger charge is 2.28. The van der Waals surface area contributed by atoms with Gasteiger partial charge in [0.15, 0.2) is 0 Å². The molecule has 28 heavy (non-hydrogen) atoms. The van der Waals surface area contributed by atoms with Gasteiger partial charge in [0.1, 0.15) is 30.0 Å². The van der Waals surface area contributed by atoms with Gasteiger partial charge >= 0.3 is 5.97 Å². The number of aliphatic carboxylic acids is 1. The molecule has 0 aliphatic rings. The van der Waals surface area contributed by atoms with Gasteiger partial charge in [0, 0.05) is 6.07 Å². The van der Waals surface area contributed by atoms with Crippen LogP contribution in [0.2, 0.25) is 0 Å². The minimum Gasteiger partial charge on any atom is -0.492 e. The van der Waals surface area contributed by atoms with E-state index < -0.39 is 11.4 Å². The molecule has 0 radical (unpaired) electrons. The van der Waals surface area contributed by atoms with E-state index in [0.29, 0.717) is 22.5 Å². The summed E-state index contributed by atoms with van der Waals surface area (Å²) >= 11 is 0. The quantitative estimate of drug-likeness (QED) is 0.665. The molecule has 0 fully saturated rings. The van der Waals surface area contributed by atoms with Gasteiger partial charge in [-0.2, -0.15) is 0 Å². The first kappa shape index (κ1) is 19.5. The number of carbonyl (C=O) groups is 1. The molecule has 1 heterocycles. The van der Waals surface area contributed by atoms with Crippen LogP contribution in [-0.2, 0) is 4.79 Å². The normalized spacial score (nSPS) is 11.4. The molecule has 0 aliphatic heterocycles. The largest absolute Gasteiger partial charge is 0.492 e. The molecule has 3 aromatic rings. The van der Waals surface area contributed by atoms with E-state index in [0.717, 1.165) is 11.1 Å². The molecule has 0 amide bonds. The molecule has 0 unspecified atom stereocenters. The minimum atomic E-state index is -1.03. The third kappa shape index (κ3) is 3.86. The van der Waals surface area contributed by atoms with Gasteiger partial charge < -0.3 is 19.0 Å². The maximum atomic E-state index is 12.7. The summed E-state index contributed by atoms with van der Waals surface area (Å²) in [4.78, 5) is 23.9. The first-order valence-corrected chi connectivity index (χ1v) is 8.85. The lowest BCUT2D eigenvalue weighted by atomic mass is 9.95. The Kier molecular flexibility index (Phi) is 5.14. The number of fused-ring (bicyclic) bond motifs is 1. The number of hydrogen-bond donors (Lipinski definition) is 1. The molecule has 2 aromatic carbocycles. The number of aryl methyl sites for hydroxylation is 1. The van der Waals surface area contributed by atoms with Crippen molar-refractivity contribution in [2.24, 2.45) is 5.41 Å². The Bertz CT molecular complexity index is 1090. The van der Waals surface area contributed by atoms with E-state index in [2.05, 4.69) is 0 Å². The second-order valence-electron chi connectivity index (χ2n) is 7.36. The van der Waals surface area contributed by atoms with Gasteiger partial charge in [0.2, 0.25) is 11.2 Å². The van der Waals surface area contributed by atoms with Crippen molar-refractivity contribution in [3.05, 3.63) is 64.0 Å². The number of rotatable bonds is 6. The van der Waals surface area contributed by atoms with Crippen molar-refractivity contribution in [2.45, 2.75) is 27.7 Å². The summed E-state index contributed by atoms with van der Waals surface area (Å²) in [6, 6.07) is 10.4. The second kappa shape index (κ2) is 7.38. The van der Waals surface area contributed by atoms with Gasteiger partial charge in [-0.05, 0) is 57.0 Å².